The maximum Gasteiger partial charge on any atom is 0.573 e. The summed E-state index contributed by atoms with van der Waals surface area (Å²) in [6.07, 6.45) is -2.08. The van der Waals surface area contributed by atoms with Crippen LogP contribution in [-0.2, 0) is 0 Å². The average molecular weight is 378 g/mol. The Balaban J connectivity index is 1.83. The van der Waals surface area contributed by atoms with E-state index in [-0.39, 0.29) is 22.6 Å². The van der Waals surface area contributed by atoms with Gasteiger partial charge in [-0.3, -0.25) is 4.79 Å². The van der Waals surface area contributed by atoms with Gasteiger partial charge in [-0.15, -0.1) is 13.2 Å². The summed E-state index contributed by atoms with van der Waals surface area (Å²) in [7, 11) is 1.44. The molecule has 0 aliphatic carbocycles. The number of halogens is 3. The zero-order valence-electron chi connectivity index (χ0n) is 13.9. The number of phenolic OH excluding ortho intramolecular Hbond substituents is 1. The Hall–Kier alpha value is -3.49. The van der Waals surface area contributed by atoms with Crippen LogP contribution >= 0.6 is 0 Å². The van der Waals surface area contributed by atoms with Crippen LogP contribution in [0.3, 0.4) is 0 Å². The van der Waals surface area contributed by atoms with Crippen molar-refractivity contribution in [3.8, 4) is 22.9 Å². The predicted octanol–water partition coefficient (Wildman–Crippen LogP) is 3.72. The number of benzene rings is 2. The molecule has 0 aliphatic heterocycles. The summed E-state index contributed by atoms with van der Waals surface area (Å²) in [5, 5.41) is 13.9. The van der Waals surface area contributed by atoms with Gasteiger partial charge in [-0.25, -0.2) is 4.68 Å². The highest BCUT2D eigenvalue weighted by molar-refractivity contribution is 6.10. The third-order valence-electron chi connectivity index (χ3n) is 3.63. The Morgan fingerprint density at radius 3 is 2.41 bits per heavy atom. The van der Waals surface area contributed by atoms with E-state index in [1.165, 1.54) is 54.5 Å². The predicted molar refractivity (Wildman–Crippen MR) is 88.3 cm³/mol. The number of phenols is 1. The third-order valence-corrected chi connectivity index (χ3v) is 3.63. The first-order chi connectivity index (χ1) is 12.8. The number of rotatable bonds is 5. The van der Waals surface area contributed by atoms with Crippen LogP contribution in [0, 0.1) is 0 Å². The van der Waals surface area contributed by atoms with Gasteiger partial charge in [0.2, 0.25) is 0 Å². The highest BCUT2D eigenvalue weighted by Crippen LogP contribution is 2.26. The smallest absolute Gasteiger partial charge is 0.507 e. The lowest BCUT2D eigenvalue weighted by molar-refractivity contribution is -0.274. The van der Waals surface area contributed by atoms with Crippen molar-refractivity contribution >= 4 is 5.78 Å². The molecular weight excluding hydrogens is 365 g/mol. The van der Waals surface area contributed by atoms with Gasteiger partial charge in [0, 0.05) is 6.20 Å². The SMILES string of the molecule is COc1ccc(O)c(C(=O)c2cnn(-c3ccc(OC(F)(F)F)cc3)c2)c1. The summed E-state index contributed by atoms with van der Waals surface area (Å²) in [5.41, 5.74) is 0.662. The highest BCUT2D eigenvalue weighted by atomic mass is 19.4. The Morgan fingerprint density at radius 1 is 1.11 bits per heavy atom. The second kappa shape index (κ2) is 7.02. The van der Waals surface area contributed by atoms with Gasteiger partial charge in [0.05, 0.1) is 30.1 Å². The first-order valence-electron chi connectivity index (χ1n) is 7.59. The number of carbonyl (C=O) groups is 1. The van der Waals surface area contributed by atoms with Gasteiger partial charge in [-0.1, -0.05) is 0 Å². The van der Waals surface area contributed by atoms with Gasteiger partial charge in [0.1, 0.15) is 17.2 Å². The molecule has 2 aromatic carbocycles. The molecule has 0 saturated carbocycles. The largest absolute Gasteiger partial charge is 0.573 e. The number of carbonyl (C=O) groups excluding carboxylic acids is 1. The van der Waals surface area contributed by atoms with E-state index in [9.17, 15) is 23.1 Å². The molecule has 0 bridgehead atoms. The summed E-state index contributed by atoms with van der Waals surface area (Å²) < 4.78 is 46.8. The first kappa shape index (κ1) is 18.3. The number of alkyl halides is 3. The fraction of sp³-hybridized carbons (Fsp3) is 0.111. The van der Waals surface area contributed by atoms with Crippen molar-refractivity contribution in [1.29, 1.82) is 0 Å². The van der Waals surface area contributed by atoms with E-state index >= 15 is 0 Å². The molecule has 0 spiro atoms. The molecule has 1 aromatic heterocycles. The zero-order chi connectivity index (χ0) is 19.6. The Kier molecular flexibility index (Phi) is 4.76. The van der Waals surface area contributed by atoms with Gasteiger partial charge in [-0.05, 0) is 42.5 Å². The van der Waals surface area contributed by atoms with Gasteiger partial charge in [0.15, 0.2) is 5.78 Å². The second-order valence-electron chi connectivity index (χ2n) is 5.43. The van der Waals surface area contributed by atoms with Crippen LogP contribution in [0.5, 0.6) is 17.2 Å². The quantitative estimate of drug-likeness (QED) is 0.685. The van der Waals surface area contributed by atoms with E-state index in [1.54, 1.807) is 0 Å². The molecule has 140 valence electrons. The van der Waals surface area contributed by atoms with Crippen LogP contribution in [0.4, 0.5) is 13.2 Å². The minimum Gasteiger partial charge on any atom is -0.507 e. The summed E-state index contributed by atoms with van der Waals surface area (Å²) in [5.74, 6) is -0.642. The normalized spacial score (nSPS) is 11.3. The number of aromatic nitrogens is 2. The first-order valence-corrected chi connectivity index (χ1v) is 7.59. The Labute approximate surface area is 151 Å². The van der Waals surface area contributed by atoms with Gasteiger partial charge in [0.25, 0.3) is 0 Å². The van der Waals surface area contributed by atoms with Crippen LogP contribution in [0.1, 0.15) is 15.9 Å². The number of ether oxygens (including phenoxy) is 2. The molecule has 0 fully saturated rings. The lowest BCUT2D eigenvalue weighted by Crippen LogP contribution is -2.17. The van der Waals surface area contributed by atoms with Gasteiger partial charge >= 0.3 is 6.36 Å². The van der Waals surface area contributed by atoms with Crippen LogP contribution in [0.25, 0.3) is 5.69 Å². The standard InChI is InChI=1S/C18H13F3N2O4/c1-26-14-6-7-16(24)15(8-14)17(25)11-9-22-23(10-11)12-2-4-13(5-3-12)27-18(19,20)21/h2-10,24H,1H3. The molecular formula is C18H13F3N2O4. The summed E-state index contributed by atoms with van der Waals surface area (Å²) in [4.78, 5) is 12.6. The van der Waals surface area contributed by atoms with Crippen molar-refractivity contribution in [2.45, 2.75) is 6.36 Å². The van der Waals surface area contributed by atoms with Gasteiger partial charge in [-0.2, -0.15) is 5.10 Å². The van der Waals surface area contributed by atoms with E-state index in [1.807, 2.05) is 0 Å². The highest BCUT2D eigenvalue weighted by Gasteiger charge is 2.31. The molecule has 6 nitrogen and oxygen atoms in total. The molecule has 9 heteroatoms. The van der Waals surface area contributed by atoms with Crippen molar-refractivity contribution in [2.75, 3.05) is 7.11 Å². The topological polar surface area (TPSA) is 73.6 Å². The molecule has 27 heavy (non-hydrogen) atoms. The lowest BCUT2D eigenvalue weighted by atomic mass is 10.1. The molecule has 0 atom stereocenters. The van der Waals surface area contributed by atoms with E-state index in [4.69, 9.17) is 4.74 Å². The monoisotopic (exact) mass is 378 g/mol. The van der Waals surface area contributed by atoms with E-state index in [2.05, 4.69) is 9.84 Å². The minimum absolute atomic E-state index is 0.0443. The lowest BCUT2D eigenvalue weighted by Gasteiger charge is -2.09. The molecule has 0 unspecified atom stereocenters. The fourth-order valence-corrected chi connectivity index (χ4v) is 2.36. The van der Waals surface area contributed by atoms with Crippen LogP contribution < -0.4 is 9.47 Å². The van der Waals surface area contributed by atoms with E-state index in [0.717, 1.165) is 12.1 Å². The number of nitrogens with zero attached hydrogens (tertiary/aromatic N) is 2. The molecule has 0 amide bonds. The molecule has 0 saturated heterocycles. The summed E-state index contributed by atoms with van der Waals surface area (Å²) >= 11 is 0. The maximum absolute atomic E-state index is 12.6. The van der Waals surface area contributed by atoms with E-state index < -0.39 is 12.1 Å². The van der Waals surface area contributed by atoms with Crippen LogP contribution in [-0.4, -0.2) is 34.1 Å². The molecule has 0 radical (unpaired) electrons. The molecule has 3 aromatic rings. The maximum atomic E-state index is 12.6. The van der Waals surface area contributed by atoms with E-state index in [0.29, 0.717) is 11.4 Å². The minimum atomic E-state index is -4.77. The van der Waals surface area contributed by atoms with Crippen LogP contribution in [0.15, 0.2) is 54.9 Å². The van der Waals surface area contributed by atoms with Crippen molar-refractivity contribution < 1.29 is 32.5 Å². The Morgan fingerprint density at radius 2 is 1.78 bits per heavy atom. The molecule has 3 rings (SSSR count). The Bertz CT molecular complexity index is 965. The molecule has 1 N–H and O–H groups in total. The van der Waals surface area contributed by atoms with Crippen LogP contribution in [0.2, 0.25) is 0 Å². The number of methoxy groups -OCH3 is 1. The molecule has 1 heterocycles. The summed E-state index contributed by atoms with van der Waals surface area (Å²) in [6, 6.07) is 9.27. The third kappa shape index (κ3) is 4.20. The zero-order valence-corrected chi connectivity index (χ0v) is 13.9. The van der Waals surface area contributed by atoms with Crippen molar-refractivity contribution in [3.63, 3.8) is 0 Å². The van der Waals surface area contributed by atoms with Crippen molar-refractivity contribution in [2.24, 2.45) is 0 Å². The summed E-state index contributed by atoms with van der Waals surface area (Å²) in [6.45, 7) is 0. The second-order valence-corrected chi connectivity index (χ2v) is 5.43. The number of aromatic hydroxyl groups is 1. The van der Waals surface area contributed by atoms with Gasteiger partial charge < -0.3 is 14.6 Å². The van der Waals surface area contributed by atoms with Crippen molar-refractivity contribution in [1.82, 2.24) is 9.78 Å². The average Bonchev–Trinajstić information content (AvgIpc) is 3.11. The fourth-order valence-electron chi connectivity index (χ4n) is 2.36. The molecule has 0 aliphatic rings. The number of hydrogen-bond acceptors (Lipinski definition) is 5. The number of hydrogen-bond donors (Lipinski definition) is 1. The van der Waals surface area contributed by atoms with Crippen molar-refractivity contribution in [3.05, 3.63) is 66.0 Å². The number of ketones is 1.